The van der Waals surface area contributed by atoms with E-state index in [9.17, 15) is 4.79 Å². The van der Waals surface area contributed by atoms with Gasteiger partial charge in [-0.2, -0.15) is 0 Å². The maximum absolute atomic E-state index is 12.2. The molecule has 0 aliphatic heterocycles. The Morgan fingerprint density at radius 2 is 2.00 bits per heavy atom. The number of hydrogen-bond donors (Lipinski definition) is 1. The molecule has 4 nitrogen and oxygen atoms in total. The standard InChI is InChI=1S/C17H34N2O2/c1-6-12-18-17(3,16(20)21-5)13-14(2)19(4)15-10-8-7-9-11-15/h14-15,18H,6-13H2,1-5H3. The van der Waals surface area contributed by atoms with Gasteiger partial charge < -0.3 is 15.0 Å². The molecule has 1 aliphatic rings. The van der Waals surface area contributed by atoms with Crippen molar-refractivity contribution in [2.45, 2.75) is 83.3 Å². The maximum atomic E-state index is 12.2. The number of esters is 1. The summed E-state index contributed by atoms with van der Waals surface area (Å²) in [6, 6.07) is 1.03. The van der Waals surface area contributed by atoms with Gasteiger partial charge in [0.2, 0.25) is 0 Å². The van der Waals surface area contributed by atoms with Gasteiger partial charge in [0, 0.05) is 12.1 Å². The number of hydrogen-bond acceptors (Lipinski definition) is 4. The van der Waals surface area contributed by atoms with Gasteiger partial charge in [-0.3, -0.25) is 4.79 Å². The van der Waals surface area contributed by atoms with Gasteiger partial charge in [0.05, 0.1) is 7.11 Å². The normalized spacial score (nSPS) is 21.0. The zero-order valence-corrected chi connectivity index (χ0v) is 14.6. The van der Waals surface area contributed by atoms with Crippen LogP contribution in [0.4, 0.5) is 0 Å². The van der Waals surface area contributed by atoms with Gasteiger partial charge in [-0.1, -0.05) is 26.2 Å². The van der Waals surface area contributed by atoms with Gasteiger partial charge in [0.15, 0.2) is 0 Å². The van der Waals surface area contributed by atoms with Crippen molar-refractivity contribution >= 4 is 5.97 Å². The average Bonchev–Trinajstić information content (AvgIpc) is 2.52. The smallest absolute Gasteiger partial charge is 0.325 e. The average molecular weight is 298 g/mol. The summed E-state index contributed by atoms with van der Waals surface area (Å²) >= 11 is 0. The van der Waals surface area contributed by atoms with Crippen LogP contribution >= 0.6 is 0 Å². The van der Waals surface area contributed by atoms with Crippen LogP contribution in [0, 0.1) is 0 Å². The molecule has 0 spiro atoms. The molecular formula is C17H34N2O2. The molecule has 1 N–H and O–H groups in total. The first-order valence-corrected chi connectivity index (χ1v) is 8.50. The van der Waals surface area contributed by atoms with Crippen molar-refractivity contribution in [1.29, 1.82) is 0 Å². The summed E-state index contributed by atoms with van der Waals surface area (Å²) in [6.45, 7) is 7.15. The first-order chi connectivity index (χ1) is 9.94. The van der Waals surface area contributed by atoms with E-state index in [2.05, 4.69) is 31.1 Å². The minimum Gasteiger partial charge on any atom is -0.468 e. The fraction of sp³-hybridized carbons (Fsp3) is 0.941. The van der Waals surface area contributed by atoms with Crippen molar-refractivity contribution in [3.63, 3.8) is 0 Å². The molecule has 0 aromatic heterocycles. The highest BCUT2D eigenvalue weighted by molar-refractivity contribution is 5.80. The molecule has 1 fully saturated rings. The summed E-state index contributed by atoms with van der Waals surface area (Å²) in [6.07, 6.45) is 8.42. The molecule has 0 aromatic rings. The number of carbonyl (C=O) groups excluding carboxylic acids is 1. The lowest BCUT2D eigenvalue weighted by atomic mass is 9.89. The van der Waals surface area contributed by atoms with E-state index < -0.39 is 5.54 Å². The van der Waals surface area contributed by atoms with Crippen LogP contribution in [0.5, 0.6) is 0 Å². The fourth-order valence-electron chi connectivity index (χ4n) is 3.44. The fourth-order valence-corrected chi connectivity index (χ4v) is 3.44. The van der Waals surface area contributed by atoms with Crippen LogP contribution < -0.4 is 5.32 Å². The van der Waals surface area contributed by atoms with Gasteiger partial charge in [0.25, 0.3) is 0 Å². The summed E-state index contributed by atoms with van der Waals surface area (Å²) in [5.41, 5.74) is -0.590. The van der Waals surface area contributed by atoms with E-state index in [4.69, 9.17) is 4.74 Å². The number of methoxy groups -OCH3 is 1. The molecule has 1 rings (SSSR count). The number of ether oxygens (including phenoxy) is 1. The van der Waals surface area contributed by atoms with Gasteiger partial charge >= 0.3 is 5.97 Å². The van der Waals surface area contributed by atoms with Crippen molar-refractivity contribution in [3.05, 3.63) is 0 Å². The molecule has 1 aliphatic carbocycles. The molecule has 0 bridgehead atoms. The van der Waals surface area contributed by atoms with Crippen LogP contribution in [-0.2, 0) is 9.53 Å². The van der Waals surface area contributed by atoms with E-state index in [-0.39, 0.29) is 5.97 Å². The highest BCUT2D eigenvalue weighted by Crippen LogP contribution is 2.26. The Kier molecular flexibility index (Phi) is 7.67. The molecule has 21 heavy (non-hydrogen) atoms. The second-order valence-corrected chi connectivity index (χ2v) is 6.76. The summed E-state index contributed by atoms with van der Waals surface area (Å²) in [4.78, 5) is 14.6. The lowest BCUT2D eigenvalue weighted by Crippen LogP contribution is -2.55. The largest absolute Gasteiger partial charge is 0.468 e. The maximum Gasteiger partial charge on any atom is 0.325 e. The van der Waals surface area contributed by atoms with Crippen molar-refractivity contribution < 1.29 is 9.53 Å². The summed E-state index contributed by atoms with van der Waals surface area (Å²) in [5, 5.41) is 3.38. The minimum atomic E-state index is -0.590. The molecule has 0 radical (unpaired) electrons. The van der Waals surface area contributed by atoms with Crippen LogP contribution in [0.3, 0.4) is 0 Å². The third kappa shape index (κ3) is 5.26. The zero-order valence-electron chi connectivity index (χ0n) is 14.6. The zero-order chi connectivity index (χ0) is 15.9. The number of nitrogens with one attached hydrogen (secondary N) is 1. The van der Waals surface area contributed by atoms with Crippen LogP contribution in [0.15, 0.2) is 0 Å². The van der Waals surface area contributed by atoms with Crippen LogP contribution in [0.1, 0.15) is 65.7 Å². The van der Waals surface area contributed by atoms with E-state index >= 15 is 0 Å². The summed E-state index contributed by atoms with van der Waals surface area (Å²) in [7, 11) is 3.68. The number of nitrogens with zero attached hydrogens (tertiary/aromatic N) is 1. The van der Waals surface area contributed by atoms with Crippen molar-refractivity contribution in [2.75, 3.05) is 20.7 Å². The third-order valence-electron chi connectivity index (χ3n) is 4.95. The second-order valence-electron chi connectivity index (χ2n) is 6.76. The highest BCUT2D eigenvalue weighted by Gasteiger charge is 2.37. The van der Waals surface area contributed by atoms with E-state index in [0.717, 1.165) is 19.4 Å². The molecular weight excluding hydrogens is 264 g/mol. The predicted octanol–water partition coefficient (Wildman–Crippen LogP) is 2.96. The van der Waals surface area contributed by atoms with Gasteiger partial charge in [-0.15, -0.1) is 0 Å². The lowest BCUT2D eigenvalue weighted by Gasteiger charge is -2.39. The molecule has 124 valence electrons. The molecule has 0 amide bonds. The Hall–Kier alpha value is -0.610. The van der Waals surface area contributed by atoms with Crippen LogP contribution in [0.2, 0.25) is 0 Å². The Labute approximate surface area is 130 Å². The van der Waals surface area contributed by atoms with Gasteiger partial charge in [-0.05, 0) is 53.1 Å². The van der Waals surface area contributed by atoms with Crippen molar-refractivity contribution in [3.8, 4) is 0 Å². The summed E-state index contributed by atoms with van der Waals surface area (Å²) in [5.74, 6) is -0.153. The Morgan fingerprint density at radius 3 is 2.52 bits per heavy atom. The Balaban J connectivity index is 2.65. The molecule has 2 atom stereocenters. The van der Waals surface area contributed by atoms with Crippen LogP contribution in [-0.4, -0.2) is 49.2 Å². The van der Waals surface area contributed by atoms with E-state index in [1.807, 2.05) is 6.92 Å². The molecule has 1 saturated carbocycles. The Bertz CT molecular complexity index is 316. The topological polar surface area (TPSA) is 41.6 Å². The second kappa shape index (κ2) is 8.74. The lowest BCUT2D eigenvalue weighted by molar-refractivity contribution is -0.148. The quantitative estimate of drug-likeness (QED) is 0.700. The molecule has 0 saturated heterocycles. The first kappa shape index (κ1) is 18.4. The molecule has 2 unspecified atom stereocenters. The Morgan fingerprint density at radius 1 is 1.38 bits per heavy atom. The number of rotatable bonds is 8. The molecule has 0 heterocycles. The van der Waals surface area contributed by atoms with Crippen LogP contribution in [0.25, 0.3) is 0 Å². The van der Waals surface area contributed by atoms with E-state index in [1.54, 1.807) is 0 Å². The van der Waals surface area contributed by atoms with E-state index in [1.165, 1.54) is 39.2 Å². The van der Waals surface area contributed by atoms with Crippen molar-refractivity contribution in [2.24, 2.45) is 0 Å². The SMILES string of the molecule is CCCNC(C)(CC(C)N(C)C1CCCCC1)C(=O)OC. The van der Waals surface area contributed by atoms with E-state index in [0.29, 0.717) is 12.1 Å². The first-order valence-electron chi connectivity index (χ1n) is 8.50. The minimum absolute atomic E-state index is 0.153. The monoisotopic (exact) mass is 298 g/mol. The predicted molar refractivity (Wildman–Crippen MR) is 87.4 cm³/mol. The molecule has 0 aromatic carbocycles. The molecule has 4 heteroatoms. The third-order valence-corrected chi connectivity index (χ3v) is 4.95. The van der Waals surface area contributed by atoms with Crippen molar-refractivity contribution in [1.82, 2.24) is 10.2 Å². The summed E-state index contributed by atoms with van der Waals surface area (Å²) < 4.78 is 5.02. The van der Waals surface area contributed by atoms with Gasteiger partial charge in [0.1, 0.15) is 5.54 Å². The van der Waals surface area contributed by atoms with Gasteiger partial charge in [-0.25, -0.2) is 0 Å². The number of carbonyl (C=O) groups is 1. The highest BCUT2D eigenvalue weighted by atomic mass is 16.5.